The van der Waals surface area contributed by atoms with E-state index in [4.69, 9.17) is 9.72 Å². The molecule has 0 bridgehead atoms. The number of nitrogens with zero attached hydrogens (tertiary/aromatic N) is 2. The SMILES string of the molecule is CCCNCc1c(SCCCOC)nc2ccccn12. The largest absolute Gasteiger partial charge is 0.385 e. The average molecular weight is 293 g/mol. The van der Waals surface area contributed by atoms with Crippen LogP contribution in [0.4, 0.5) is 0 Å². The summed E-state index contributed by atoms with van der Waals surface area (Å²) in [5, 5.41) is 4.61. The van der Waals surface area contributed by atoms with Gasteiger partial charge in [-0.2, -0.15) is 0 Å². The van der Waals surface area contributed by atoms with Crippen molar-refractivity contribution in [2.75, 3.05) is 26.0 Å². The van der Waals surface area contributed by atoms with Crippen LogP contribution in [0.2, 0.25) is 0 Å². The summed E-state index contributed by atoms with van der Waals surface area (Å²) in [6.07, 6.45) is 4.29. The summed E-state index contributed by atoms with van der Waals surface area (Å²) in [5.74, 6) is 1.04. The number of pyridine rings is 1. The fraction of sp³-hybridized carbons (Fsp3) is 0.533. The highest BCUT2D eigenvalue weighted by Crippen LogP contribution is 2.24. The molecule has 20 heavy (non-hydrogen) atoms. The lowest BCUT2D eigenvalue weighted by Crippen LogP contribution is -2.15. The van der Waals surface area contributed by atoms with E-state index in [0.29, 0.717) is 0 Å². The Labute approximate surface area is 124 Å². The first-order valence-electron chi connectivity index (χ1n) is 7.15. The van der Waals surface area contributed by atoms with Crippen LogP contribution >= 0.6 is 11.8 Å². The summed E-state index contributed by atoms with van der Waals surface area (Å²) < 4.78 is 7.28. The molecule has 5 heteroatoms. The Morgan fingerprint density at radius 1 is 1.40 bits per heavy atom. The number of rotatable bonds is 9. The minimum absolute atomic E-state index is 0.809. The maximum Gasteiger partial charge on any atom is 0.138 e. The van der Waals surface area contributed by atoms with Crippen molar-refractivity contribution in [3.63, 3.8) is 0 Å². The third-order valence-electron chi connectivity index (χ3n) is 3.04. The number of hydrogen-bond acceptors (Lipinski definition) is 4. The zero-order valence-corrected chi connectivity index (χ0v) is 13.1. The second-order valence-corrected chi connectivity index (χ2v) is 5.75. The summed E-state index contributed by atoms with van der Waals surface area (Å²) >= 11 is 1.82. The van der Waals surface area contributed by atoms with Gasteiger partial charge in [0, 0.05) is 32.2 Å². The van der Waals surface area contributed by atoms with Gasteiger partial charge >= 0.3 is 0 Å². The molecule has 2 aromatic heterocycles. The molecule has 0 spiro atoms. The molecule has 0 saturated heterocycles. The second-order valence-electron chi connectivity index (χ2n) is 4.66. The van der Waals surface area contributed by atoms with Crippen molar-refractivity contribution in [3.05, 3.63) is 30.1 Å². The first kappa shape index (κ1) is 15.4. The number of ether oxygens (including phenoxy) is 1. The molecule has 0 aliphatic heterocycles. The molecule has 1 N–H and O–H groups in total. The van der Waals surface area contributed by atoms with E-state index >= 15 is 0 Å². The Kier molecular flexibility index (Phi) is 6.36. The van der Waals surface area contributed by atoms with E-state index in [9.17, 15) is 0 Å². The number of nitrogens with one attached hydrogen (secondary N) is 1. The smallest absolute Gasteiger partial charge is 0.138 e. The molecule has 0 saturated carbocycles. The predicted molar refractivity (Wildman–Crippen MR) is 84.4 cm³/mol. The normalized spacial score (nSPS) is 11.3. The maximum atomic E-state index is 5.10. The van der Waals surface area contributed by atoms with Gasteiger partial charge in [0.2, 0.25) is 0 Å². The summed E-state index contributed by atoms with van der Waals surface area (Å²) in [4.78, 5) is 4.73. The highest BCUT2D eigenvalue weighted by Gasteiger charge is 2.11. The molecule has 0 aromatic carbocycles. The summed E-state index contributed by atoms with van der Waals surface area (Å²) in [6, 6.07) is 6.14. The Morgan fingerprint density at radius 2 is 2.30 bits per heavy atom. The van der Waals surface area contributed by atoms with E-state index in [-0.39, 0.29) is 0 Å². The molecule has 4 nitrogen and oxygen atoms in total. The van der Waals surface area contributed by atoms with Gasteiger partial charge in [-0.3, -0.25) is 0 Å². The van der Waals surface area contributed by atoms with Gasteiger partial charge in [-0.25, -0.2) is 4.98 Å². The Bertz CT molecular complexity index is 527. The number of fused-ring (bicyclic) bond motifs is 1. The van der Waals surface area contributed by atoms with Crippen molar-refractivity contribution < 1.29 is 4.74 Å². The molecule has 0 amide bonds. The van der Waals surface area contributed by atoms with Crippen molar-refractivity contribution in [1.29, 1.82) is 0 Å². The molecule has 2 rings (SSSR count). The van der Waals surface area contributed by atoms with Crippen LogP contribution in [0.3, 0.4) is 0 Å². The molecule has 0 aliphatic carbocycles. The fourth-order valence-electron chi connectivity index (χ4n) is 2.06. The van der Waals surface area contributed by atoms with Crippen LogP contribution in [-0.2, 0) is 11.3 Å². The van der Waals surface area contributed by atoms with Crippen LogP contribution in [0.5, 0.6) is 0 Å². The minimum Gasteiger partial charge on any atom is -0.385 e. The van der Waals surface area contributed by atoms with E-state index in [1.165, 1.54) is 5.69 Å². The topological polar surface area (TPSA) is 38.6 Å². The number of imidazole rings is 1. The van der Waals surface area contributed by atoms with Crippen LogP contribution in [0.25, 0.3) is 5.65 Å². The highest BCUT2D eigenvalue weighted by atomic mass is 32.2. The molecule has 0 aliphatic rings. The third-order valence-corrected chi connectivity index (χ3v) is 4.14. The third kappa shape index (κ3) is 3.98. The molecule has 0 fully saturated rings. The molecule has 2 heterocycles. The zero-order chi connectivity index (χ0) is 14.2. The summed E-state index contributed by atoms with van der Waals surface area (Å²) in [7, 11) is 1.75. The van der Waals surface area contributed by atoms with Crippen molar-refractivity contribution in [1.82, 2.24) is 14.7 Å². The molecular formula is C15H23N3OS. The quantitative estimate of drug-likeness (QED) is 0.570. The minimum atomic E-state index is 0.809. The lowest BCUT2D eigenvalue weighted by molar-refractivity contribution is 0.200. The fourth-order valence-corrected chi connectivity index (χ4v) is 3.01. The standard InChI is InChI=1S/C15H23N3OS/c1-3-8-16-12-13-15(20-11-6-10-19-2)17-14-7-4-5-9-18(13)14/h4-5,7,9,16H,3,6,8,10-12H2,1-2H3. The highest BCUT2D eigenvalue weighted by molar-refractivity contribution is 7.99. The van der Waals surface area contributed by atoms with Gasteiger partial charge in [-0.1, -0.05) is 13.0 Å². The summed E-state index contributed by atoms with van der Waals surface area (Å²) in [6.45, 7) is 4.89. The maximum absolute atomic E-state index is 5.10. The molecule has 2 aromatic rings. The molecular weight excluding hydrogens is 270 g/mol. The van der Waals surface area contributed by atoms with Crippen molar-refractivity contribution in [2.24, 2.45) is 0 Å². The number of thioether (sulfide) groups is 1. The van der Waals surface area contributed by atoms with Gasteiger partial charge in [0.1, 0.15) is 10.7 Å². The lowest BCUT2D eigenvalue weighted by atomic mass is 10.4. The molecule has 0 unspecified atom stereocenters. The first-order chi connectivity index (χ1) is 9.86. The predicted octanol–water partition coefficient (Wildman–Crippen LogP) is 2.96. The van der Waals surface area contributed by atoms with Crippen molar-refractivity contribution in [3.8, 4) is 0 Å². The van der Waals surface area contributed by atoms with Crippen LogP contribution in [0, 0.1) is 0 Å². The Hall–Kier alpha value is -1.04. The van der Waals surface area contributed by atoms with Crippen molar-refractivity contribution >= 4 is 17.4 Å². The summed E-state index contributed by atoms with van der Waals surface area (Å²) in [5.41, 5.74) is 2.28. The van der Waals surface area contributed by atoms with Gasteiger partial charge in [0.05, 0.1) is 5.69 Å². The second kappa shape index (κ2) is 8.29. The van der Waals surface area contributed by atoms with Crippen molar-refractivity contribution in [2.45, 2.75) is 31.3 Å². The van der Waals surface area contributed by atoms with E-state index < -0.39 is 0 Å². The van der Waals surface area contributed by atoms with Crippen LogP contribution in [0.15, 0.2) is 29.4 Å². The zero-order valence-electron chi connectivity index (χ0n) is 12.3. The van der Waals surface area contributed by atoms with Gasteiger partial charge in [-0.05, 0) is 31.5 Å². The van der Waals surface area contributed by atoms with E-state index in [2.05, 4.69) is 35.0 Å². The van der Waals surface area contributed by atoms with Gasteiger partial charge in [0.25, 0.3) is 0 Å². The van der Waals surface area contributed by atoms with Crippen LogP contribution in [0.1, 0.15) is 25.5 Å². The van der Waals surface area contributed by atoms with Gasteiger partial charge in [-0.15, -0.1) is 11.8 Å². The lowest BCUT2D eigenvalue weighted by Gasteiger charge is -2.06. The van der Waals surface area contributed by atoms with Crippen LogP contribution in [-0.4, -0.2) is 35.4 Å². The number of aromatic nitrogens is 2. The number of hydrogen-bond donors (Lipinski definition) is 1. The Balaban J connectivity index is 2.11. The van der Waals surface area contributed by atoms with E-state index in [1.54, 1.807) is 7.11 Å². The Morgan fingerprint density at radius 3 is 3.10 bits per heavy atom. The molecule has 0 atom stereocenters. The number of methoxy groups -OCH3 is 1. The van der Waals surface area contributed by atoms with E-state index in [1.807, 2.05) is 17.8 Å². The molecule has 0 radical (unpaired) electrons. The molecule has 110 valence electrons. The van der Waals surface area contributed by atoms with Gasteiger partial charge < -0.3 is 14.5 Å². The average Bonchev–Trinajstić information content (AvgIpc) is 2.82. The van der Waals surface area contributed by atoms with E-state index in [0.717, 1.165) is 49.0 Å². The van der Waals surface area contributed by atoms with Crippen LogP contribution < -0.4 is 5.32 Å². The first-order valence-corrected chi connectivity index (χ1v) is 8.13. The van der Waals surface area contributed by atoms with Gasteiger partial charge in [0.15, 0.2) is 0 Å². The monoisotopic (exact) mass is 293 g/mol.